The van der Waals surface area contributed by atoms with Crippen molar-refractivity contribution >= 4 is 21.5 Å². The van der Waals surface area contributed by atoms with Crippen LogP contribution in [0.1, 0.15) is 5.56 Å². The van der Waals surface area contributed by atoms with E-state index in [1.165, 1.54) is 27.1 Å². The summed E-state index contributed by atoms with van der Waals surface area (Å²) in [5, 5.41) is 14.2. The van der Waals surface area contributed by atoms with Gasteiger partial charge in [-0.25, -0.2) is 9.97 Å². The Labute approximate surface area is 302 Å². The fraction of sp³-hybridized carbons (Fsp3) is 0. The molecule has 9 aromatic rings. The molecule has 0 aliphatic rings. The number of aromatic nitrogens is 2. The van der Waals surface area contributed by atoms with Gasteiger partial charge in [0, 0.05) is 16.7 Å². The minimum absolute atomic E-state index is 0.651. The molecule has 0 spiro atoms. The summed E-state index contributed by atoms with van der Waals surface area (Å²) in [5.41, 5.74) is 12.3. The number of nitriles is 1. The van der Waals surface area contributed by atoms with Crippen LogP contribution in [0.3, 0.4) is 0 Å². The Morgan fingerprint density at radius 1 is 0.365 bits per heavy atom. The minimum Gasteiger partial charge on any atom is -0.228 e. The van der Waals surface area contributed by atoms with E-state index in [0.29, 0.717) is 11.4 Å². The molecule has 8 aromatic carbocycles. The Morgan fingerprint density at radius 2 is 0.904 bits per heavy atom. The Morgan fingerprint density at radius 3 is 1.60 bits per heavy atom. The molecule has 0 radical (unpaired) electrons. The van der Waals surface area contributed by atoms with E-state index in [1.54, 1.807) is 0 Å². The highest BCUT2D eigenvalue weighted by atomic mass is 14.9. The van der Waals surface area contributed by atoms with E-state index in [0.717, 1.165) is 55.9 Å². The maximum atomic E-state index is 9.45. The van der Waals surface area contributed by atoms with E-state index >= 15 is 0 Å². The van der Waals surface area contributed by atoms with Gasteiger partial charge < -0.3 is 0 Å². The number of hydrogen-bond acceptors (Lipinski definition) is 3. The number of rotatable bonds is 6. The van der Waals surface area contributed by atoms with Gasteiger partial charge in [0.2, 0.25) is 0 Å². The zero-order chi connectivity index (χ0) is 34.9. The minimum atomic E-state index is 0.651. The largest absolute Gasteiger partial charge is 0.228 e. The van der Waals surface area contributed by atoms with Crippen molar-refractivity contribution in [2.75, 3.05) is 0 Å². The molecule has 0 saturated heterocycles. The van der Waals surface area contributed by atoms with E-state index in [-0.39, 0.29) is 0 Å². The maximum Gasteiger partial charge on any atom is 0.160 e. The van der Waals surface area contributed by atoms with Gasteiger partial charge in [0.15, 0.2) is 5.82 Å². The van der Waals surface area contributed by atoms with Gasteiger partial charge in [-0.1, -0.05) is 158 Å². The Kier molecular flexibility index (Phi) is 7.89. The summed E-state index contributed by atoms with van der Waals surface area (Å²) in [6.07, 6.45) is 0. The third-order valence-electron chi connectivity index (χ3n) is 9.72. The van der Waals surface area contributed by atoms with Gasteiger partial charge >= 0.3 is 0 Å². The molecule has 0 aliphatic carbocycles. The van der Waals surface area contributed by atoms with Crippen LogP contribution in [0.4, 0.5) is 0 Å². The molecule has 3 heteroatoms. The highest BCUT2D eigenvalue weighted by Gasteiger charge is 2.16. The molecule has 52 heavy (non-hydrogen) atoms. The lowest BCUT2D eigenvalue weighted by Gasteiger charge is -2.17. The van der Waals surface area contributed by atoms with Crippen LogP contribution < -0.4 is 0 Å². The zero-order valence-electron chi connectivity index (χ0n) is 28.2. The van der Waals surface area contributed by atoms with Crippen molar-refractivity contribution in [3.63, 3.8) is 0 Å². The average molecular weight is 662 g/mol. The molecule has 0 saturated carbocycles. The average Bonchev–Trinajstić information content (AvgIpc) is 3.23. The van der Waals surface area contributed by atoms with Crippen molar-refractivity contribution in [2.45, 2.75) is 0 Å². The fourth-order valence-corrected chi connectivity index (χ4v) is 7.13. The number of hydrogen-bond donors (Lipinski definition) is 0. The SMILES string of the molecule is N#Cc1ccc(-c2cc(-c3c(-c4ccc(-c5cc(-c6ccccc6)nc(-c6ccccc6)n5)cc4)ccc4ccccc34)cc3ccccc23)cc1. The first-order valence-electron chi connectivity index (χ1n) is 17.4. The molecular weight excluding hydrogens is 631 g/mol. The molecular formula is C49H31N3. The second kappa shape index (κ2) is 13.3. The van der Waals surface area contributed by atoms with Crippen molar-refractivity contribution in [3.05, 3.63) is 194 Å². The summed E-state index contributed by atoms with van der Waals surface area (Å²) in [5.74, 6) is 0.701. The van der Waals surface area contributed by atoms with Crippen LogP contribution in [0.25, 0.3) is 88.8 Å². The van der Waals surface area contributed by atoms with Crippen LogP contribution in [0.2, 0.25) is 0 Å². The van der Waals surface area contributed by atoms with Crippen LogP contribution in [0, 0.1) is 11.3 Å². The number of nitrogens with zero attached hydrogens (tertiary/aromatic N) is 3. The standard InChI is InChI=1S/C49H31N3/c50-32-33-19-21-36(22-20-33)45-30-41(29-40-16-8-9-17-42(40)45)48-43-18-10-7-11-34(43)27-28-44(48)35-23-25-38(26-24-35)47-31-46(37-12-3-1-4-13-37)51-49(52-47)39-14-5-2-6-15-39/h1-31H. The van der Waals surface area contributed by atoms with Crippen LogP contribution in [0.15, 0.2) is 188 Å². The second-order valence-electron chi connectivity index (χ2n) is 12.9. The fourth-order valence-electron chi connectivity index (χ4n) is 7.13. The van der Waals surface area contributed by atoms with E-state index in [1.807, 2.05) is 60.7 Å². The first-order chi connectivity index (χ1) is 25.7. The second-order valence-corrected chi connectivity index (χ2v) is 12.9. The summed E-state index contributed by atoms with van der Waals surface area (Å²) in [6, 6.07) is 67.6. The Bertz CT molecular complexity index is 2710. The normalized spacial score (nSPS) is 11.1. The van der Waals surface area contributed by atoms with Crippen LogP contribution >= 0.6 is 0 Å². The van der Waals surface area contributed by atoms with Gasteiger partial charge in [-0.05, 0) is 85.3 Å². The smallest absolute Gasteiger partial charge is 0.160 e. The third-order valence-corrected chi connectivity index (χ3v) is 9.72. The predicted molar refractivity (Wildman–Crippen MR) is 214 cm³/mol. The van der Waals surface area contributed by atoms with E-state index in [4.69, 9.17) is 9.97 Å². The molecule has 1 heterocycles. The molecule has 3 nitrogen and oxygen atoms in total. The number of fused-ring (bicyclic) bond motifs is 2. The maximum absolute atomic E-state index is 9.45. The lowest BCUT2D eigenvalue weighted by atomic mass is 9.86. The van der Waals surface area contributed by atoms with Crippen molar-refractivity contribution in [2.24, 2.45) is 0 Å². The predicted octanol–water partition coefficient (Wildman–Crippen LogP) is 12.7. The Balaban J connectivity index is 1.19. The Hall–Kier alpha value is -7.15. The summed E-state index contributed by atoms with van der Waals surface area (Å²) in [7, 11) is 0. The topological polar surface area (TPSA) is 49.6 Å². The summed E-state index contributed by atoms with van der Waals surface area (Å²) in [4.78, 5) is 10.0. The van der Waals surface area contributed by atoms with Crippen molar-refractivity contribution in [3.8, 4) is 73.4 Å². The molecule has 0 amide bonds. The summed E-state index contributed by atoms with van der Waals surface area (Å²) in [6.45, 7) is 0. The molecule has 1 aromatic heterocycles. The van der Waals surface area contributed by atoms with E-state index in [2.05, 4.69) is 133 Å². The number of benzene rings is 8. The molecule has 242 valence electrons. The highest BCUT2D eigenvalue weighted by molar-refractivity contribution is 6.08. The molecule has 0 atom stereocenters. The van der Waals surface area contributed by atoms with Gasteiger partial charge in [-0.15, -0.1) is 0 Å². The van der Waals surface area contributed by atoms with Crippen LogP contribution in [-0.4, -0.2) is 9.97 Å². The van der Waals surface area contributed by atoms with Gasteiger partial charge in [0.1, 0.15) is 0 Å². The van der Waals surface area contributed by atoms with E-state index < -0.39 is 0 Å². The monoisotopic (exact) mass is 661 g/mol. The first-order valence-corrected chi connectivity index (χ1v) is 17.4. The third kappa shape index (κ3) is 5.79. The lowest BCUT2D eigenvalue weighted by Crippen LogP contribution is -1.96. The zero-order valence-corrected chi connectivity index (χ0v) is 28.2. The van der Waals surface area contributed by atoms with Crippen LogP contribution in [-0.2, 0) is 0 Å². The van der Waals surface area contributed by atoms with Gasteiger partial charge in [-0.3, -0.25) is 0 Å². The molecule has 0 unspecified atom stereocenters. The summed E-state index contributed by atoms with van der Waals surface area (Å²) >= 11 is 0. The molecule has 0 bridgehead atoms. The molecule has 0 N–H and O–H groups in total. The van der Waals surface area contributed by atoms with Gasteiger partial charge in [0.05, 0.1) is 23.0 Å². The molecule has 0 fully saturated rings. The van der Waals surface area contributed by atoms with E-state index in [9.17, 15) is 5.26 Å². The van der Waals surface area contributed by atoms with Crippen LogP contribution in [0.5, 0.6) is 0 Å². The van der Waals surface area contributed by atoms with Gasteiger partial charge in [0.25, 0.3) is 0 Å². The summed E-state index contributed by atoms with van der Waals surface area (Å²) < 4.78 is 0. The quantitative estimate of drug-likeness (QED) is 0.178. The van der Waals surface area contributed by atoms with Gasteiger partial charge in [-0.2, -0.15) is 5.26 Å². The highest BCUT2D eigenvalue weighted by Crippen LogP contribution is 2.42. The van der Waals surface area contributed by atoms with Crippen molar-refractivity contribution < 1.29 is 0 Å². The lowest BCUT2D eigenvalue weighted by molar-refractivity contribution is 1.18. The van der Waals surface area contributed by atoms with Crippen molar-refractivity contribution in [1.82, 2.24) is 9.97 Å². The molecule has 9 rings (SSSR count). The van der Waals surface area contributed by atoms with Crippen molar-refractivity contribution in [1.29, 1.82) is 5.26 Å². The molecule has 0 aliphatic heterocycles. The first kappa shape index (κ1) is 30.9.